The van der Waals surface area contributed by atoms with Crippen molar-refractivity contribution in [1.29, 1.82) is 0 Å². The second-order valence-corrected chi connectivity index (χ2v) is 20.2. The van der Waals surface area contributed by atoms with Gasteiger partial charge in [0.15, 0.2) is 5.78 Å². The zero-order chi connectivity index (χ0) is 39.6. The quantitative estimate of drug-likeness (QED) is 0.284. The van der Waals surface area contributed by atoms with Gasteiger partial charge in [-0.25, -0.2) is 9.07 Å². The second-order valence-electron chi connectivity index (χ2n) is 20.2. The van der Waals surface area contributed by atoms with E-state index in [1.54, 1.807) is 36.7 Å². The smallest absolute Gasteiger partial charge is 0.309 e. The van der Waals surface area contributed by atoms with E-state index in [1.807, 2.05) is 11.7 Å². The van der Waals surface area contributed by atoms with Crippen molar-refractivity contribution < 1.29 is 28.6 Å². The molecule has 1 aromatic heterocycles. The molecule has 54 heavy (non-hydrogen) atoms. The molecule has 1 N–H and O–H groups in total. The van der Waals surface area contributed by atoms with Crippen molar-refractivity contribution in [3.8, 4) is 5.69 Å². The van der Waals surface area contributed by atoms with Crippen LogP contribution < -0.4 is 5.56 Å². The summed E-state index contributed by atoms with van der Waals surface area (Å²) in [4.78, 5) is 52.9. The van der Waals surface area contributed by atoms with Crippen molar-refractivity contribution >= 4 is 17.7 Å². The Hall–Kier alpha value is -3.49. The Bertz CT molecular complexity index is 1990. The van der Waals surface area contributed by atoms with E-state index in [9.17, 15) is 28.7 Å². The zero-order valence-electron chi connectivity index (χ0n) is 34.1. The van der Waals surface area contributed by atoms with E-state index >= 15 is 0 Å². The number of hydrogen-bond donors (Lipinski definition) is 1. The standard InChI is InChI=1S/C45H61FN2O6/c1-26(2)37-30(49)24-45(33-23-35(50)48(47(33)10)28-13-11-27(46)12-14-28)22-21-43(8)29(38(37)45)15-16-32-42(7)19-18-34(54-36(51)25-40(3,4)39(52)53)41(5,6)31(42)17-20-44(32,43)9/h11-14,23,26,29,31-32,34H,15-22,24-25H2,1-10H3,(H,52,53)/t29-,31+,32-,34+,42+,43-,44-,45+/m1/s1. The summed E-state index contributed by atoms with van der Waals surface area (Å²) < 4.78 is 23.6. The van der Waals surface area contributed by atoms with Crippen LogP contribution in [0.5, 0.6) is 0 Å². The minimum absolute atomic E-state index is 0.00504. The molecule has 9 heteroatoms. The van der Waals surface area contributed by atoms with Crippen molar-refractivity contribution in [2.45, 2.75) is 138 Å². The number of carbonyl (C=O) groups excluding carboxylic acids is 2. The molecule has 0 saturated heterocycles. The van der Waals surface area contributed by atoms with Crippen molar-refractivity contribution in [3.05, 3.63) is 63.3 Å². The minimum atomic E-state index is -1.18. The molecule has 7 rings (SSSR count). The number of carbonyl (C=O) groups is 3. The average molecular weight is 745 g/mol. The first kappa shape index (κ1) is 38.8. The Morgan fingerprint density at radius 2 is 1.59 bits per heavy atom. The maximum Gasteiger partial charge on any atom is 0.309 e. The van der Waals surface area contributed by atoms with E-state index in [2.05, 4.69) is 48.5 Å². The van der Waals surface area contributed by atoms with Crippen LogP contribution in [0.3, 0.4) is 0 Å². The molecule has 0 radical (unpaired) electrons. The molecule has 0 spiro atoms. The topological polar surface area (TPSA) is 108 Å². The number of carboxylic acid groups (broad SMARTS) is 1. The largest absolute Gasteiger partial charge is 0.481 e. The highest BCUT2D eigenvalue weighted by Crippen LogP contribution is 2.76. The monoisotopic (exact) mass is 744 g/mol. The summed E-state index contributed by atoms with van der Waals surface area (Å²) in [6.45, 7) is 19.5. The maximum atomic E-state index is 14.3. The van der Waals surface area contributed by atoms with Gasteiger partial charge in [-0.05, 0) is 141 Å². The lowest BCUT2D eigenvalue weighted by atomic mass is 9.33. The number of hydrogen-bond acceptors (Lipinski definition) is 5. The van der Waals surface area contributed by atoms with Crippen LogP contribution in [-0.2, 0) is 31.6 Å². The third kappa shape index (κ3) is 5.32. The number of aliphatic carboxylic acids is 1. The van der Waals surface area contributed by atoms with Crippen LogP contribution in [0.4, 0.5) is 4.39 Å². The molecule has 294 valence electrons. The molecule has 8 atom stereocenters. The molecule has 4 saturated carbocycles. The molecule has 1 aromatic carbocycles. The van der Waals surface area contributed by atoms with Gasteiger partial charge in [0.05, 0.1) is 23.2 Å². The summed E-state index contributed by atoms with van der Waals surface area (Å²) in [6.07, 6.45) is 7.49. The van der Waals surface area contributed by atoms with Gasteiger partial charge in [-0.2, -0.15) is 0 Å². The van der Waals surface area contributed by atoms with Crippen LogP contribution in [0.25, 0.3) is 5.69 Å². The number of ketones is 1. The number of esters is 1. The first-order valence-electron chi connectivity index (χ1n) is 20.3. The average Bonchev–Trinajstić information content (AvgIpc) is 3.55. The second kappa shape index (κ2) is 12.5. The molecule has 0 aliphatic heterocycles. The first-order valence-corrected chi connectivity index (χ1v) is 20.3. The summed E-state index contributed by atoms with van der Waals surface area (Å²) in [5, 5.41) is 9.62. The Morgan fingerprint density at radius 1 is 0.926 bits per heavy atom. The number of nitrogens with zero attached hydrogens (tertiary/aromatic N) is 2. The van der Waals surface area contributed by atoms with Gasteiger partial charge in [0.2, 0.25) is 0 Å². The van der Waals surface area contributed by atoms with Gasteiger partial charge in [-0.15, -0.1) is 0 Å². The van der Waals surface area contributed by atoms with Gasteiger partial charge < -0.3 is 9.84 Å². The van der Waals surface area contributed by atoms with Gasteiger partial charge in [0.1, 0.15) is 11.9 Å². The van der Waals surface area contributed by atoms with Crippen molar-refractivity contribution in [2.75, 3.05) is 0 Å². The van der Waals surface area contributed by atoms with E-state index in [-0.39, 0.29) is 63.2 Å². The summed E-state index contributed by atoms with van der Waals surface area (Å²) in [7, 11) is 1.90. The predicted octanol–water partition coefficient (Wildman–Crippen LogP) is 8.96. The molecular weight excluding hydrogens is 684 g/mol. The number of fused-ring (bicyclic) bond motifs is 7. The summed E-state index contributed by atoms with van der Waals surface area (Å²) in [6, 6.07) is 7.74. The minimum Gasteiger partial charge on any atom is -0.481 e. The number of ether oxygens (including phenoxy) is 1. The van der Waals surface area contributed by atoms with Gasteiger partial charge in [0.25, 0.3) is 5.56 Å². The number of halogens is 1. The number of allylic oxidation sites excluding steroid dienone is 2. The molecule has 0 amide bonds. The van der Waals surface area contributed by atoms with Crippen LogP contribution in [0.1, 0.15) is 132 Å². The predicted molar refractivity (Wildman–Crippen MR) is 206 cm³/mol. The number of benzene rings is 1. The lowest BCUT2D eigenvalue weighted by molar-refractivity contribution is -0.232. The highest BCUT2D eigenvalue weighted by molar-refractivity contribution is 6.01. The van der Waals surface area contributed by atoms with E-state index in [4.69, 9.17) is 4.74 Å². The highest BCUT2D eigenvalue weighted by atomic mass is 19.1. The summed E-state index contributed by atoms with van der Waals surface area (Å²) in [5.74, 6) is -0.548. The Morgan fingerprint density at radius 3 is 2.22 bits per heavy atom. The molecular formula is C45H61FN2O6. The van der Waals surface area contributed by atoms with Crippen LogP contribution in [0.2, 0.25) is 0 Å². The molecule has 5 aliphatic carbocycles. The van der Waals surface area contributed by atoms with Crippen LogP contribution in [0.15, 0.2) is 46.3 Å². The molecule has 5 aliphatic rings. The van der Waals surface area contributed by atoms with E-state index in [0.717, 1.165) is 62.6 Å². The Balaban J connectivity index is 1.24. The number of aromatic nitrogens is 2. The number of carboxylic acids is 1. The molecule has 2 aromatic rings. The van der Waals surface area contributed by atoms with Crippen LogP contribution in [0, 0.1) is 56.6 Å². The molecule has 8 nitrogen and oxygen atoms in total. The third-order valence-electron chi connectivity index (χ3n) is 16.5. The summed E-state index contributed by atoms with van der Waals surface area (Å²) >= 11 is 0. The lowest BCUT2D eigenvalue weighted by Crippen LogP contribution is -2.66. The van der Waals surface area contributed by atoms with E-state index < -0.39 is 22.8 Å². The fourth-order valence-electron chi connectivity index (χ4n) is 13.6. The maximum absolute atomic E-state index is 14.3. The fraction of sp³-hybridized carbons (Fsp3) is 0.689. The SMILES string of the molecule is CC(C)C1=C2[C@H]3CC[C@@H]4[C@@]5(C)CC[C@H](OC(=O)CC(C)(C)C(=O)O)C(C)(C)[C@@H]5CC[C@@]4(C)[C@]3(C)CC[C@@]2(c2cc(=O)n(-c3ccc(F)cc3)n2C)CC1=O. The normalized spacial score (nSPS) is 36.0. The van der Waals surface area contributed by atoms with E-state index in [0.29, 0.717) is 23.9 Å². The van der Waals surface area contributed by atoms with Crippen molar-refractivity contribution in [3.63, 3.8) is 0 Å². The summed E-state index contributed by atoms with van der Waals surface area (Å²) in [5.41, 5.74) is 1.48. The lowest BCUT2D eigenvalue weighted by Gasteiger charge is -2.72. The number of Topliss-reactive ketones (excluding diaryl/α,β-unsaturated/α-hetero) is 1. The van der Waals surface area contributed by atoms with Gasteiger partial charge in [0, 0.05) is 30.4 Å². The zero-order valence-corrected chi connectivity index (χ0v) is 34.1. The molecule has 0 unspecified atom stereocenters. The van der Waals surface area contributed by atoms with Crippen molar-refractivity contribution in [1.82, 2.24) is 9.36 Å². The Labute approximate surface area is 319 Å². The molecule has 4 fully saturated rings. The first-order chi connectivity index (χ1) is 25.0. The van der Waals surface area contributed by atoms with E-state index in [1.165, 1.54) is 17.7 Å². The van der Waals surface area contributed by atoms with Gasteiger partial charge in [-0.1, -0.05) is 48.5 Å². The molecule has 0 bridgehead atoms. The third-order valence-corrected chi connectivity index (χ3v) is 16.5. The Kier molecular flexibility index (Phi) is 8.98. The number of rotatable bonds is 7. The van der Waals surface area contributed by atoms with Crippen LogP contribution >= 0.6 is 0 Å². The van der Waals surface area contributed by atoms with Gasteiger partial charge in [-0.3, -0.25) is 23.9 Å². The highest BCUT2D eigenvalue weighted by Gasteiger charge is 2.70. The van der Waals surface area contributed by atoms with Crippen LogP contribution in [-0.4, -0.2) is 38.3 Å². The van der Waals surface area contributed by atoms with Crippen molar-refractivity contribution in [2.24, 2.45) is 57.8 Å². The molecule has 1 heterocycles. The fourth-order valence-corrected chi connectivity index (χ4v) is 13.6. The van der Waals surface area contributed by atoms with Gasteiger partial charge >= 0.3 is 11.9 Å².